The normalized spacial score (nSPS) is 9.23. The van der Waals surface area contributed by atoms with Crippen LogP contribution in [0.1, 0.15) is 27.7 Å². The third-order valence-electron chi connectivity index (χ3n) is 1.77. The van der Waals surface area contributed by atoms with E-state index in [1.165, 1.54) is 0 Å². The van der Waals surface area contributed by atoms with Crippen molar-refractivity contribution in [2.45, 2.75) is 27.7 Å². The van der Waals surface area contributed by atoms with E-state index in [2.05, 4.69) is 27.7 Å². The molecule has 0 heterocycles. The van der Waals surface area contributed by atoms with E-state index in [-0.39, 0.29) is 0 Å². The lowest BCUT2D eigenvalue weighted by Gasteiger charge is -2.04. The number of hydrogen-bond donors (Lipinski definition) is 4. The third-order valence-corrected chi connectivity index (χ3v) is 1.77. The van der Waals surface area contributed by atoms with Gasteiger partial charge in [0, 0.05) is 27.4 Å². The summed E-state index contributed by atoms with van der Waals surface area (Å²) in [6.45, 7) is 13.0. The Morgan fingerprint density at radius 2 is 0.885 bits per heavy atom. The number of rotatable bonds is 10. The Kier molecular flexibility index (Phi) is 34.8. The molecular formula is C16H36O10. The van der Waals surface area contributed by atoms with Gasteiger partial charge in [0.1, 0.15) is 0 Å². The van der Waals surface area contributed by atoms with Crippen molar-refractivity contribution in [2.24, 2.45) is 11.8 Å². The lowest BCUT2D eigenvalue weighted by molar-refractivity contribution is 0.0572. The van der Waals surface area contributed by atoms with Crippen LogP contribution in [0.5, 0.6) is 0 Å². The number of carboxylic acid groups (broad SMARTS) is 4. The highest BCUT2D eigenvalue weighted by Gasteiger charge is 1.92. The van der Waals surface area contributed by atoms with Crippen LogP contribution in [0.15, 0.2) is 0 Å². The zero-order chi connectivity index (χ0) is 21.4. The van der Waals surface area contributed by atoms with Gasteiger partial charge in [-0.25, -0.2) is 9.59 Å². The maximum absolute atomic E-state index is 8.56. The van der Waals surface area contributed by atoms with Crippen molar-refractivity contribution < 1.29 is 49.0 Å². The summed E-state index contributed by atoms with van der Waals surface area (Å²) in [6.07, 6.45) is -3.67. The standard InChI is InChI=1S/2C7H16O2.2CH2O3/c2*1-7(2)6-9-5-4-8-3;2*2-1(3)4/h2*7H,4-6H2,1-3H3;2*(H2,2,3,4). The lowest BCUT2D eigenvalue weighted by Crippen LogP contribution is -2.06. The lowest BCUT2D eigenvalue weighted by atomic mass is 10.2. The zero-order valence-electron chi connectivity index (χ0n) is 16.6. The van der Waals surface area contributed by atoms with Gasteiger partial charge >= 0.3 is 12.3 Å². The van der Waals surface area contributed by atoms with E-state index in [1.54, 1.807) is 14.2 Å². The maximum atomic E-state index is 8.56. The number of ether oxygens (including phenoxy) is 4. The van der Waals surface area contributed by atoms with E-state index in [0.29, 0.717) is 38.3 Å². The molecule has 0 aromatic rings. The Bertz CT molecular complexity index is 246. The highest BCUT2D eigenvalue weighted by molar-refractivity contribution is 5.53. The van der Waals surface area contributed by atoms with Gasteiger partial charge in [-0.15, -0.1) is 0 Å². The molecule has 0 aromatic heterocycles. The van der Waals surface area contributed by atoms with Crippen molar-refractivity contribution in [3.05, 3.63) is 0 Å². The van der Waals surface area contributed by atoms with E-state index >= 15 is 0 Å². The molecule has 0 aliphatic rings. The molecule has 10 heteroatoms. The smallest absolute Gasteiger partial charge is 0.450 e. The van der Waals surface area contributed by atoms with E-state index in [4.69, 9.17) is 49.0 Å². The van der Waals surface area contributed by atoms with Crippen molar-refractivity contribution in [2.75, 3.05) is 53.9 Å². The fraction of sp³-hybridized carbons (Fsp3) is 0.875. The Balaban J connectivity index is -0.000000134. The van der Waals surface area contributed by atoms with Gasteiger partial charge in [-0.2, -0.15) is 0 Å². The molecule has 4 N–H and O–H groups in total. The molecule has 0 aliphatic carbocycles. The number of carbonyl (C=O) groups is 2. The van der Waals surface area contributed by atoms with E-state index in [1.807, 2.05) is 0 Å². The summed E-state index contributed by atoms with van der Waals surface area (Å²) in [5.74, 6) is 1.25. The highest BCUT2D eigenvalue weighted by Crippen LogP contribution is 1.91. The molecule has 26 heavy (non-hydrogen) atoms. The first-order valence-corrected chi connectivity index (χ1v) is 7.98. The molecule has 160 valence electrons. The van der Waals surface area contributed by atoms with Gasteiger partial charge in [0.05, 0.1) is 26.4 Å². The third kappa shape index (κ3) is 94.9. The summed E-state index contributed by atoms with van der Waals surface area (Å²) in [6, 6.07) is 0. The molecule has 0 rings (SSSR count). The molecule has 0 aromatic carbocycles. The maximum Gasteiger partial charge on any atom is 0.503 e. The Labute approximate surface area is 155 Å². The van der Waals surface area contributed by atoms with Gasteiger partial charge in [-0.05, 0) is 11.8 Å². The summed E-state index contributed by atoms with van der Waals surface area (Å²) in [5.41, 5.74) is 0. The van der Waals surface area contributed by atoms with Crippen molar-refractivity contribution >= 4 is 12.3 Å². The van der Waals surface area contributed by atoms with Crippen LogP contribution in [0, 0.1) is 11.8 Å². The average Bonchev–Trinajstić information content (AvgIpc) is 2.47. The molecule has 0 saturated heterocycles. The first kappa shape index (κ1) is 32.1. The van der Waals surface area contributed by atoms with Crippen molar-refractivity contribution in [3.8, 4) is 0 Å². The van der Waals surface area contributed by atoms with Crippen LogP contribution in [0.2, 0.25) is 0 Å². The Hall–Kier alpha value is -1.62. The van der Waals surface area contributed by atoms with Crippen molar-refractivity contribution in [1.82, 2.24) is 0 Å². The number of methoxy groups -OCH3 is 2. The molecule has 0 saturated carbocycles. The molecule has 0 spiro atoms. The summed E-state index contributed by atoms with van der Waals surface area (Å²) in [7, 11) is 3.36. The minimum atomic E-state index is -1.83. The van der Waals surface area contributed by atoms with Gasteiger partial charge in [0.25, 0.3) is 0 Å². The largest absolute Gasteiger partial charge is 0.503 e. The molecular weight excluding hydrogens is 352 g/mol. The molecule has 0 atom stereocenters. The SMILES string of the molecule is COCCOCC(C)C.COCCOCC(C)C.O=C(O)O.O=C(O)O. The Morgan fingerprint density at radius 3 is 1.04 bits per heavy atom. The van der Waals surface area contributed by atoms with E-state index < -0.39 is 12.3 Å². The second kappa shape index (κ2) is 28.2. The first-order valence-electron chi connectivity index (χ1n) is 7.98. The van der Waals surface area contributed by atoms with Crippen LogP contribution in [0.3, 0.4) is 0 Å². The van der Waals surface area contributed by atoms with Crippen molar-refractivity contribution in [3.63, 3.8) is 0 Å². The fourth-order valence-corrected chi connectivity index (χ4v) is 0.923. The van der Waals surface area contributed by atoms with E-state index in [9.17, 15) is 0 Å². The zero-order valence-corrected chi connectivity index (χ0v) is 16.6. The van der Waals surface area contributed by atoms with Crippen LogP contribution >= 0.6 is 0 Å². The predicted octanol–water partition coefficient (Wildman–Crippen LogP) is 3.06. The second-order valence-corrected chi connectivity index (χ2v) is 5.49. The summed E-state index contributed by atoms with van der Waals surface area (Å²) >= 11 is 0. The van der Waals surface area contributed by atoms with Crippen LogP contribution in [-0.2, 0) is 18.9 Å². The molecule has 0 aliphatic heterocycles. The first-order chi connectivity index (χ1) is 12.0. The highest BCUT2D eigenvalue weighted by atomic mass is 16.6. The molecule has 0 bridgehead atoms. The quantitative estimate of drug-likeness (QED) is 0.411. The summed E-state index contributed by atoms with van der Waals surface area (Å²) < 4.78 is 20.0. The molecule has 0 amide bonds. The molecule has 0 unspecified atom stereocenters. The summed E-state index contributed by atoms with van der Waals surface area (Å²) in [4.78, 5) is 17.1. The molecule has 0 radical (unpaired) electrons. The fourth-order valence-electron chi connectivity index (χ4n) is 0.923. The number of hydrogen-bond acceptors (Lipinski definition) is 6. The second-order valence-electron chi connectivity index (χ2n) is 5.49. The Morgan fingerprint density at radius 1 is 0.654 bits per heavy atom. The van der Waals surface area contributed by atoms with Crippen LogP contribution in [0.25, 0.3) is 0 Å². The van der Waals surface area contributed by atoms with Crippen LogP contribution in [-0.4, -0.2) is 86.6 Å². The van der Waals surface area contributed by atoms with Gasteiger partial charge < -0.3 is 39.4 Å². The molecule has 0 fully saturated rings. The van der Waals surface area contributed by atoms with Crippen LogP contribution < -0.4 is 0 Å². The van der Waals surface area contributed by atoms with Crippen LogP contribution in [0.4, 0.5) is 9.59 Å². The van der Waals surface area contributed by atoms with Gasteiger partial charge in [-0.1, -0.05) is 27.7 Å². The average molecular weight is 388 g/mol. The van der Waals surface area contributed by atoms with Gasteiger partial charge in [-0.3, -0.25) is 0 Å². The minimum absolute atomic E-state index is 0.627. The monoisotopic (exact) mass is 388 g/mol. The topological polar surface area (TPSA) is 152 Å². The summed E-state index contributed by atoms with van der Waals surface area (Å²) in [5, 5.41) is 27.9. The van der Waals surface area contributed by atoms with Crippen molar-refractivity contribution in [1.29, 1.82) is 0 Å². The minimum Gasteiger partial charge on any atom is -0.450 e. The van der Waals surface area contributed by atoms with E-state index in [0.717, 1.165) is 13.2 Å². The van der Waals surface area contributed by atoms with Gasteiger partial charge in [0.2, 0.25) is 0 Å². The van der Waals surface area contributed by atoms with Gasteiger partial charge in [0.15, 0.2) is 0 Å². The predicted molar refractivity (Wildman–Crippen MR) is 96.4 cm³/mol. The molecule has 10 nitrogen and oxygen atoms in total.